The fourth-order valence-electron chi connectivity index (χ4n) is 1.11. The lowest BCUT2D eigenvalue weighted by Crippen LogP contribution is -2.43. The Kier molecular flexibility index (Phi) is 3.84. The molecule has 0 amide bonds. The predicted octanol–water partition coefficient (Wildman–Crippen LogP) is 1.44. The molecule has 0 radical (unpaired) electrons. The van der Waals surface area contributed by atoms with Crippen molar-refractivity contribution in [2.75, 3.05) is 13.2 Å². The maximum Gasteiger partial charge on any atom is 0.0794 e. The predicted molar refractivity (Wildman–Crippen MR) is 54.9 cm³/mol. The van der Waals surface area contributed by atoms with E-state index >= 15 is 0 Å². The Morgan fingerprint density at radius 3 is 3.00 bits per heavy atom. The van der Waals surface area contributed by atoms with Crippen LogP contribution in [0, 0.1) is 0 Å². The van der Waals surface area contributed by atoms with E-state index in [1.807, 2.05) is 25.6 Å². The minimum Gasteiger partial charge on any atom is -0.380 e. The number of hydrogen-bond acceptors (Lipinski definition) is 4. The molecule has 0 spiro atoms. The number of rotatable bonds is 5. The summed E-state index contributed by atoms with van der Waals surface area (Å²) in [6.45, 7) is 5.29. The maximum absolute atomic E-state index is 6.05. The Labute approximate surface area is 82.9 Å². The van der Waals surface area contributed by atoms with E-state index in [4.69, 9.17) is 10.5 Å². The normalized spacial score (nSPS) is 15.6. The number of ether oxygens (including phenoxy) is 1. The van der Waals surface area contributed by atoms with Gasteiger partial charge in [-0.05, 0) is 13.8 Å². The van der Waals surface area contributed by atoms with Crippen LogP contribution in [0.25, 0.3) is 0 Å². The van der Waals surface area contributed by atoms with Crippen molar-refractivity contribution in [1.82, 2.24) is 4.98 Å². The van der Waals surface area contributed by atoms with Crippen molar-refractivity contribution in [3.8, 4) is 0 Å². The van der Waals surface area contributed by atoms with Crippen molar-refractivity contribution in [3.63, 3.8) is 0 Å². The molecule has 1 aromatic heterocycles. The first-order chi connectivity index (χ1) is 6.14. The van der Waals surface area contributed by atoms with E-state index in [-0.39, 0.29) is 5.54 Å². The van der Waals surface area contributed by atoms with Crippen LogP contribution in [-0.2, 0) is 11.2 Å². The zero-order chi connectivity index (χ0) is 9.73. The van der Waals surface area contributed by atoms with E-state index in [2.05, 4.69) is 4.98 Å². The van der Waals surface area contributed by atoms with Gasteiger partial charge in [-0.1, -0.05) is 0 Å². The van der Waals surface area contributed by atoms with Crippen molar-refractivity contribution in [3.05, 3.63) is 16.6 Å². The summed E-state index contributed by atoms with van der Waals surface area (Å²) in [6, 6.07) is 0. The third-order valence-electron chi connectivity index (χ3n) is 1.70. The Hall–Kier alpha value is -0.450. The van der Waals surface area contributed by atoms with Crippen molar-refractivity contribution < 1.29 is 4.74 Å². The van der Waals surface area contributed by atoms with E-state index in [0.717, 1.165) is 13.0 Å². The van der Waals surface area contributed by atoms with E-state index in [0.29, 0.717) is 6.61 Å². The summed E-state index contributed by atoms with van der Waals surface area (Å²) in [4.78, 5) is 5.22. The lowest BCUT2D eigenvalue weighted by atomic mass is 10.0. The summed E-state index contributed by atoms with van der Waals surface area (Å²) in [5.74, 6) is 0. The summed E-state index contributed by atoms with van der Waals surface area (Å²) >= 11 is 1.64. The molecular weight excluding hydrogens is 184 g/mol. The van der Waals surface area contributed by atoms with Gasteiger partial charge in [0.2, 0.25) is 0 Å². The summed E-state index contributed by atoms with van der Waals surface area (Å²) in [7, 11) is 0. The van der Waals surface area contributed by atoms with Gasteiger partial charge >= 0.3 is 0 Å². The Morgan fingerprint density at radius 1 is 1.69 bits per heavy atom. The maximum atomic E-state index is 6.05. The van der Waals surface area contributed by atoms with Crippen LogP contribution >= 0.6 is 11.3 Å². The molecular formula is C9H16N2OS. The molecule has 1 rings (SSSR count). The van der Waals surface area contributed by atoms with Gasteiger partial charge in [-0.25, -0.2) is 0 Å². The SMILES string of the molecule is CCOCC(C)(N)Cc1cncs1. The van der Waals surface area contributed by atoms with Crippen LogP contribution in [0.5, 0.6) is 0 Å². The van der Waals surface area contributed by atoms with Crippen LogP contribution in [-0.4, -0.2) is 23.7 Å². The van der Waals surface area contributed by atoms with Gasteiger partial charge < -0.3 is 10.5 Å². The van der Waals surface area contributed by atoms with Gasteiger partial charge in [0.05, 0.1) is 12.1 Å². The molecule has 2 N–H and O–H groups in total. The van der Waals surface area contributed by atoms with Crippen molar-refractivity contribution >= 4 is 11.3 Å². The summed E-state index contributed by atoms with van der Waals surface area (Å²) in [5, 5.41) is 0. The highest BCUT2D eigenvalue weighted by Crippen LogP contribution is 2.14. The number of thiazole rings is 1. The summed E-state index contributed by atoms with van der Waals surface area (Å²) in [5.41, 5.74) is 7.60. The molecule has 0 saturated carbocycles. The molecule has 4 heteroatoms. The number of hydrogen-bond donors (Lipinski definition) is 1. The van der Waals surface area contributed by atoms with Gasteiger partial charge in [-0.3, -0.25) is 4.98 Å². The third-order valence-corrected chi connectivity index (χ3v) is 2.48. The highest BCUT2D eigenvalue weighted by atomic mass is 32.1. The van der Waals surface area contributed by atoms with Gasteiger partial charge in [-0.2, -0.15) is 0 Å². The van der Waals surface area contributed by atoms with Crippen LogP contribution < -0.4 is 5.73 Å². The smallest absolute Gasteiger partial charge is 0.0794 e. The quantitative estimate of drug-likeness (QED) is 0.782. The van der Waals surface area contributed by atoms with Gasteiger partial charge in [0.1, 0.15) is 0 Å². The van der Waals surface area contributed by atoms with Crippen LogP contribution in [0.3, 0.4) is 0 Å². The topological polar surface area (TPSA) is 48.1 Å². The molecule has 1 aromatic rings. The number of aromatic nitrogens is 1. The van der Waals surface area contributed by atoms with Crippen molar-refractivity contribution in [2.24, 2.45) is 5.73 Å². The van der Waals surface area contributed by atoms with Gasteiger partial charge in [0, 0.05) is 29.6 Å². The Morgan fingerprint density at radius 2 is 2.46 bits per heavy atom. The van der Waals surface area contributed by atoms with Gasteiger partial charge in [0.25, 0.3) is 0 Å². The van der Waals surface area contributed by atoms with Crippen LogP contribution in [0.2, 0.25) is 0 Å². The molecule has 0 fully saturated rings. The molecule has 0 aliphatic heterocycles. The average molecular weight is 200 g/mol. The fraction of sp³-hybridized carbons (Fsp3) is 0.667. The number of nitrogens with two attached hydrogens (primary N) is 1. The minimum atomic E-state index is -0.275. The Bertz CT molecular complexity index is 234. The highest BCUT2D eigenvalue weighted by molar-refractivity contribution is 7.09. The second-order valence-corrected chi connectivity index (χ2v) is 4.41. The van der Waals surface area contributed by atoms with Crippen LogP contribution in [0.1, 0.15) is 18.7 Å². The van der Waals surface area contributed by atoms with E-state index in [1.54, 1.807) is 11.3 Å². The molecule has 13 heavy (non-hydrogen) atoms. The number of nitrogens with zero attached hydrogens (tertiary/aromatic N) is 1. The first kappa shape index (κ1) is 10.6. The third kappa shape index (κ3) is 3.85. The molecule has 1 unspecified atom stereocenters. The van der Waals surface area contributed by atoms with Crippen molar-refractivity contribution in [2.45, 2.75) is 25.8 Å². The van der Waals surface area contributed by atoms with Crippen LogP contribution in [0.4, 0.5) is 0 Å². The second kappa shape index (κ2) is 4.69. The van der Waals surface area contributed by atoms with E-state index in [1.165, 1.54) is 4.88 Å². The Balaban J connectivity index is 2.42. The second-order valence-electron chi connectivity index (χ2n) is 3.44. The zero-order valence-corrected chi connectivity index (χ0v) is 8.93. The van der Waals surface area contributed by atoms with E-state index in [9.17, 15) is 0 Å². The molecule has 3 nitrogen and oxygen atoms in total. The lowest BCUT2D eigenvalue weighted by molar-refractivity contribution is 0.102. The van der Waals surface area contributed by atoms with Gasteiger partial charge in [-0.15, -0.1) is 11.3 Å². The molecule has 0 aliphatic carbocycles. The molecule has 0 aromatic carbocycles. The van der Waals surface area contributed by atoms with E-state index < -0.39 is 0 Å². The molecule has 0 saturated heterocycles. The molecule has 0 aliphatic rings. The minimum absolute atomic E-state index is 0.275. The average Bonchev–Trinajstić information content (AvgIpc) is 2.52. The molecule has 0 bridgehead atoms. The molecule has 1 atom stereocenters. The standard InChI is InChI=1S/C9H16N2OS/c1-3-12-6-9(2,10)4-8-5-11-7-13-8/h5,7H,3-4,6,10H2,1-2H3. The lowest BCUT2D eigenvalue weighted by Gasteiger charge is -2.23. The molecule has 74 valence electrons. The van der Waals surface area contributed by atoms with Crippen molar-refractivity contribution in [1.29, 1.82) is 0 Å². The first-order valence-electron chi connectivity index (χ1n) is 4.38. The largest absolute Gasteiger partial charge is 0.380 e. The van der Waals surface area contributed by atoms with Crippen LogP contribution in [0.15, 0.2) is 11.7 Å². The zero-order valence-electron chi connectivity index (χ0n) is 8.12. The molecule has 1 heterocycles. The van der Waals surface area contributed by atoms with Gasteiger partial charge in [0.15, 0.2) is 0 Å². The monoisotopic (exact) mass is 200 g/mol. The summed E-state index contributed by atoms with van der Waals surface area (Å²) in [6.07, 6.45) is 2.69. The highest BCUT2D eigenvalue weighted by Gasteiger charge is 2.19. The fourth-order valence-corrected chi connectivity index (χ4v) is 1.91. The summed E-state index contributed by atoms with van der Waals surface area (Å²) < 4.78 is 5.31. The first-order valence-corrected chi connectivity index (χ1v) is 5.26.